The van der Waals surface area contributed by atoms with Crippen molar-refractivity contribution in [3.05, 3.63) is 30.6 Å². The Morgan fingerprint density at radius 2 is 0.643 bits per heavy atom. The molecule has 0 radical (unpaired) electrons. The van der Waals surface area contributed by atoms with E-state index in [1.807, 2.05) is 0 Å². The van der Waals surface area contributed by atoms with Gasteiger partial charge in [0.05, 0.1) is 10.2 Å². The van der Waals surface area contributed by atoms with Crippen LogP contribution in [0.5, 0.6) is 0 Å². The van der Waals surface area contributed by atoms with Crippen molar-refractivity contribution in [2.24, 2.45) is 0 Å². The first-order valence-electron chi connectivity index (χ1n) is 3.28. The van der Waals surface area contributed by atoms with Crippen molar-refractivity contribution in [3.63, 3.8) is 0 Å². The highest BCUT2D eigenvalue weighted by molar-refractivity contribution is 7.79. The van der Waals surface area contributed by atoms with Gasteiger partial charge in [-0.15, -0.1) is 0 Å². The fourth-order valence-electron chi connectivity index (χ4n) is 0. The van der Waals surface area contributed by atoms with Gasteiger partial charge >= 0.3 is 0 Å². The van der Waals surface area contributed by atoms with Gasteiger partial charge in [-0.05, 0) is 13.1 Å². The molecular weight excluding hydrogens is 434 g/mol. The third-order valence-electron chi connectivity index (χ3n) is 0. The summed E-state index contributed by atoms with van der Waals surface area (Å²) in [7, 11) is -5.17. The second-order valence-corrected chi connectivity index (χ2v) is 2.41. The van der Waals surface area contributed by atoms with Gasteiger partial charge in [-0.3, -0.25) is 8.42 Å². The molecule has 0 fully saturated rings. The van der Waals surface area contributed by atoms with Crippen LogP contribution < -0.4 is 58.4 Å². The zero-order chi connectivity index (χ0) is 18.8. The number of hydrogen-bond acceptors (Lipinski definition) is 15. The number of carbonyl (C=O) groups excluding carboxylic acids is 2. The van der Waals surface area contributed by atoms with Crippen LogP contribution in [0.2, 0.25) is 0 Å². The smallest absolute Gasteiger partial charge is 0.0689 e. The van der Waals surface area contributed by atoms with Crippen LogP contribution in [0.3, 0.4) is 0 Å². The van der Waals surface area contributed by atoms with Gasteiger partial charge < -0.3 is 108 Å². The van der Waals surface area contributed by atoms with Gasteiger partial charge in [0, 0.05) is 16.4 Å². The summed E-state index contributed by atoms with van der Waals surface area (Å²) in [5.41, 5.74) is 0. The summed E-state index contributed by atoms with van der Waals surface area (Å²) in [5.74, 6) is -1.08. The van der Waals surface area contributed by atoms with Crippen LogP contribution in [-0.2, 0) is 15.2 Å². The molecule has 0 saturated carbocycles. The number of aliphatic carboxylic acids is 1. The fraction of sp³-hybridized carbons (Fsp3) is 0.333. The van der Waals surface area contributed by atoms with Crippen LogP contribution in [0.4, 0.5) is 4.79 Å². The van der Waals surface area contributed by atoms with Gasteiger partial charge in [-0.25, -0.2) is 0 Å². The Hall–Kier alpha value is -3.27. The largest absolute Gasteiger partial charge is 0.759 e. The molecule has 0 saturated heterocycles. The summed E-state index contributed by atoms with van der Waals surface area (Å²) >= 11 is 0. The average molecular weight is 465 g/mol. The first kappa shape index (κ1) is 85.9. The molecule has 184 valence electrons. The maximum Gasteiger partial charge on any atom is 0.0689 e. The molecule has 28 N–H and O–H groups in total. The molecule has 0 aliphatic carbocycles. The molecule has 0 aliphatic heterocycles. The molecular formula is C3H31N9O15S. The monoisotopic (exact) mass is 465 g/mol. The molecule has 0 aromatic heterocycles. The Morgan fingerprint density at radius 1 is 0.643 bits per heavy atom. The minimum absolute atomic E-state index is 0. The second kappa shape index (κ2) is 56.5. The lowest BCUT2D eigenvalue weighted by Gasteiger charge is -2.06. The fourth-order valence-corrected chi connectivity index (χ4v) is 0. The minimum atomic E-state index is -5.17. The van der Waals surface area contributed by atoms with Gasteiger partial charge in [-0.2, -0.15) is 0 Å². The summed E-state index contributed by atoms with van der Waals surface area (Å²) in [5, 5.41) is 55.1. The lowest BCUT2D eigenvalue weighted by Crippen LogP contribution is -2.37. The SMILES string of the molecule is CC(=O)[O-].O=C([O-])[O-].O=S(=O)([O-])[O-].O=[N+]([O-])[O-].O=[N+]([O-])[O-].[NH4+].[NH4+].[NH4+].[NH4+].[NH4+].[NH4+].[NH4+]. The molecule has 0 atom stereocenters. The third-order valence-corrected chi connectivity index (χ3v) is 0. The standard InChI is InChI=1S/C2H4O2.CH2O3.2NO3.7H3N.H2O4S/c1-2(3)4;3*2-1(3)4;;;;;;;;1-5(2,3)4/h1H3,(H,3,4);(H2,2,3,4);;;7*1H3;(H2,1,2,3,4)/q;;2*-1;;;;;;;;/p+2. The number of carboxylic acids is 1. The number of nitrogens with zero attached hydrogens (tertiary/aromatic N) is 2. The third kappa shape index (κ3) is 1000. The Bertz CT molecular complexity index is 341. The van der Waals surface area contributed by atoms with Crippen molar-refractivity contribution < 1.29 is 52.6 Å². The number of carbonyl (C=O) groups is 2. The highest BCUT2D eigenvalue weighted by Gasteiger charge is 1.49. The van der Waals surface area contributed by atoms with E-state index in [-0.39, 0.29) is 43.1 Å². The molecule has 0 aromatic rings. The van der Waals surface area contributed by atoms with E-state index in [9.17, 15) is 0 Å². The molecule has 0 bridgehead atoms. The van der Waals surface area contributed by atoms with E-state index in [1.165, 1.54) is 0 Å². The zero-order valence-electron chi connectivity index (χ0n) is 16.4. The maximum absolute atomic E-state index is 8.89. The Morgan fingerprint density at radius 3 is 0.643 bits per heavy atom. The first-order valence-corrected chi connectivity index (χ1v) is 4.62. The first-order chi connectivity index (χ1) is 8.93. The topological polar surface area (TPSA) is 571 Å². The van der Waals surface area contributed by atoms with Crippen LogP contribution >= 0.6 is 0 Å². The van der Waals surface area contributed by atoms with E-state index < -0.39 is 32.7 Å². The zero-order valence-corrected chi connectivity index (χ0v) is 17.2. The van der Waals surface area contributed by atoms with E-state index in [4.69, 9.17) is 73.1 Å². The van der Waals surface area contributed by atoms with Crippen molar-refractivity contribution in [1.82, 2.24) is 43.1 Å². The van der Waals surface area contributed by atoms with Crippen LogP contribution in [0, 0.1) is 30.6 Å². The van der Waals surface area contributed by atoms with E-state index in [2.05, 4.69) is 0 Å². The molecule has 28 heavy (non-hydrogen) atoms. The van der Waals surface area contributed by atoms with Gasteiger partial charge in [0.1, 0.15) is 0 Å². The molecule has 25 heteroatoms. The van der Waals surface area contributed by atoms with Crippen LogP contribution in [0.15, 0.2) is 0 Å². The average Bonchev–Trinajstić information content (AvgIpc) is 1.91. The number of hydrogen-bond donors (Lipinski definition) is 7. The highest BCUT2D eigenvalue weighted by atomic mass is 32.3. The van der Waals surface area contributed by atoms with E-state index in [0.29, 0.717) is 0 Å². The Labute approximate surface area is 157 Å². The van der Waals surface area contributed by atoms with Crippen molar-refractivity contribution in [3.8, 4) is 0 Å². The van der Waals surface area contributed by atoms with Gasteiger partial charge in [0.25, 0.3) is 0 Å². The van der Waals surface area contributed by atoms with Crippen LogP contribution in [0.1, 0.15) is 6.92 Å². The second-order valence-electron chi connectivity index (χ2n) is 1.60. The molecule has 0 heterocycles. The molecule has 0 spiro atoms. The lowest BCUT2D eigenvalue weighted by molar-refractivity contribution is -0.415. The lowest BCUT2D eigenvalue weighted by atomic mass is 10.9. The molecule has 24 nitrogen and oxygen atoms in total. The maximum atomic E-state index is 8.89. The van der Waals surface area contributed by atoms with E-state index >= 15 is 0 Å². The molecule has 0 aliphatic rings. The van der Waals surface area contributed by atoms with Crippen molar-refractivity contribution in [2.75, 3.05) is 0 Å². The van der Waals surface area contributed by atoms with Crippen molar-refractivity contribution in [2.45, 2.75) is 6.92 Å². The van der Waals surface area contributed by atoms with Crippen molar-refractivity contribution >= 4 is 22.5 Å². The quantitative estimate of drug-likeness (QED) is 0.0816. The Kier molecular flexibility index (Phi) is 173. The van der Waals surface area contributed by atoms with Crippen LogP contribution in [-0.4, -0.2) is 39.8 Å². The molecule has 0 unspecified atom stereocenters. The normalized spacial score (nSPS) is 5.54. The van der Waals surface area contributed by atoms with Gasteiger partial charge in [-0.1, -0.05) is 0 Å². The Balaban J connectivity index is -0.0000000108. The number of quaternary nitrogens is 7. The van der Waals surface area contributed by atoms with E-state index in [1.54, 1.807) is 0 Å². The minimum Gasteiger partial charge on any atom is -0.759 e. The predicted molar refractivity (Wildman–Crippen MR) is 89.2 cm³/mol. The molecule has 0 amide bonds. The van der Waals surface area contributed by atoms with Gasteiger partial charge in [0.15, 0.2) is 0 Å². The number of rotatable bonds is 0. The summed E-state index contributed by atoms with van der Waals surface area (Å²) < 4.78 is 34.1. The van der Waals surface area contributed by atoms with E-state index in [0.717, 1.165) is 6.92 Å². The molecule has 0 rings (SSSR count). The summed E-state index contributed by atoms with van der Waals surface area (Å²) in [6.45, 7) is 0.972. The summed E-state index contributed by atoms with van der Waals surface area (Å²) in [6.07, 6.45) is -2.33. The highest BCUT2D eigenvalue weighted by Crippen LogP contribution is 1.57. The number of carboxylic acid groups (broad SMARTS) is 3. The van der Waals surface area contributed by atoms with Crippen molar-refractivity contribution in [1.29, 1.82) is 0 Å². The van der Waals surface area contributed by atoms with Crippen LogP contribution in [0.25, 0.3) is 0 Å². The summed E-state index contributed by atoms with van der Waals surface area (Å²) in [6, 6.07) is 0. The predicted octanol–water partition coefficient (Wildman–Crippen LogP) is -2.87. The summed E-state index contributed by atoms with van der Waals surface area (Å²) in [4.78, 5) is 33.7. The molecule has 0 aromatic carbocycles. The van der Waals surface area contributed by atoms with Gasteiger partial charge in [0.2, 0.25) is 0 Å².